The Morgan fingerprint density at radius 1 is 1.52 bits per heavy atom. The van der Waals surface area contributed by atoms with Gasteiger partial charge >= 0.3 is 0 Å². The summed E-state index contributed by atoms with van der Waals surface area (Å²) in [5, 5.41) is 10.9. The molecule has 116 valence electrons. The van der Waals surface area contributed by atoms with E-state index in [2.05, 4.69) is 21.8 Å². The fourth-order valence-electron chi connectivity index (χ4n) is 3.83. The summed E-state index contributed by atoms with van der Waals surface area (Å²) >= 11 is 0. The van der Waals surface area contributed by atoms with Crippen LogP contribution in [-0.4, -0.2) is 38.7 Å². The van der Waals surface area contributed by atoms with Crippen molar-refractivity contribution >= 4 is 0 Å². The fourth-order valence-corrected chi connectivity index (χ4v) is 3.83. The van der Waals surface area contributed by atoms with Crippen molar-refractivity contribution in [3.8, 4) is 0 Å². The number of hydrogen-bond donors (Lipinski definition) is 2. The van der Waals surface area contributed by atoms with Crippen LogP contribution in [0.15, 0.2) is 10.9 Å². The quantitative estimate of drug-likeness (QED) is 0.884. The number of nitrogens with zero attached hydrogens (tertiary/aromatic N) is 2. The SMILES string of the molecule is Cc1nc(CN2CC[C@@](O)(C3CCC3)[C@H](C)C2)cc(=O)[nH]1. The molecule has 5 nitrogen and oxygen atoms in total. The molecule has 0 unspecified atom stereocenters. The molecule has 2 N–H and O–H groups in total. The van der Waals surface area contributed by atoms with Crippen LogP contribution in [0.2, 0.25) is 0 Å². The van der Waals surface area contributed by atoms with Crippen molar-refractivity contribution in [2.45, 2.75) is 51.7 Å². The van der Waals surface area contributed by atoms with Gasteiger partial charge in [-0.05, 0) is 38.0 Å². The van der Waals surface area contributed by atoms with E-state index in [1.165, 1.54) is 19.3 Å². The van der Waals surface area contributed by atoms with Crippen molar-refractivity contribution in [3.05, 3.63) is 27.9 Å². The number of aliphatic hydroxyl groups is 1. The van der Waals surface area contributed by atoms with Crippen molar-refractivity contribution in [1.82, 2.24) is 14.9 Å². The molecule has 0 bridgehead atoms. The van der Waals surface area contributed by atoms with Crippen LogP contribution in [0.4, 0.5) is 0 Å². The standard InChI is InChI=1S/C16H25N3O2/c1-11-9-19(7-6-16(11,21)13-4-3-5-13)10-14-8-15(20)18-12(2)17-14/h8,11,13,21H,3-7,9-10H2,1-2H3,(H,17,18,20)/t11-,16+/m1/s1. The fraction of sp³-hybridized carbons (Fsp3) is 0.750. The maximum Gasteiger partial charge on any atom is 0.251 e. The van der Waals surface area contributed by atoms with Gasteiger partial charge in [-0.15, -0.1) is 0 Å². The number of nitrogens with one attached hydrogen (secondary N) is 1. The third-order valence-corrected chi connectivity index (χ3v) is 5.32. The molecule has 1 saturated heterocycles. The summed E-state index contributed by atoms with van der Waals surface area (Å²) in [6.45, 7) is 6.40. The minimum absolute atomic E-state index is 0.0893. The van der Waals surface area contributed by atoms with E-state index in [1.54, 1.807) is 13.0 Å². The van der Waals surface area contributed by atoms with Crippen LogP contribution in [0, 0.1) is 18.8 Å². The summed E-state index contributed by atoms with van der Waals surface area (Å²) in [5.74, 6) is 1.43. The minimum Gasteiger partial charge on any atom is -0.389 e. The molecule has 1 aromatic rings. The lowest BCUT2D eigenvalue weighted by atomic mass is 9.65. The largest absolute Gasteiger partial charge is 0.389 e. The highest BCUT2D eigenvalue weighted by molar-refractivity contribution is 5.04. The average Bonchev–Trinajstić information content (AvgIpc) is 2.31. The number of aromatic nitrogens is 2. The Morgan fingerprint density at radius 2 is 2.29 bits per heavy atom. The minimum atomic E-state index is -0.480. The Kier molecular flexibility index (Phi) is 3.88. The van der Waals surface area contributed by atoms with E-state index in [0.29, 0.717) is 18.3 Å². The van der Waals surface area contributed by atoms with Crippen molar-refractivity contribution in [1.29, 1.82) is 0 Å². The van der Waals surface area contributed by atoms with Crippen molar-refractivity contribution in [2.75, 3.05) is 13.1 Å². The number of rotatable bonds is 3. The van der Waals surface area contributed by atoms with Crippen molar-refractivity contribution < 1.29 is 5.11 Å². The number of hydrogen-bond acceptors (Lipinski definition) is 4. The van der Waals surface area contributed by atoms with Crippen LogP contribution in [0.5, 0.6) is 0 Å². The number of aryl methyl sites for hydroxylation is 1. The molecule has 2 heterocycles. The number of H-pyrrole nitrogens is 1. The molecule has 0 amide bonds. The lowest BCUT2D eigenvalue weighted by molar-refractivity contribution is -0.128. The van der Waals surface area contributed by atoms with Gasteiger partial charge in [0.05, 0.1) is 11.3 Å². The first kappa shape index (κ1) is 14.7. The molecule has 5 heteroatoms. The molecule has 2 aliphatic rings. The highest BCUT2D eigenvalue weighted by Gasteiger charge is 2.46. The van der Waals surface area contributed by atoms with E-state index in [4.69, 9.17) is 0 Å². The maximum absolute atomic E-state index is 11.5. The van der Waals surface area contributed by atoms with Gasteiger partial charge < -0.3 is 10.1 Å². The van der Waals surface area contributed by atoms with Gasteiger partial charge in [0.2, 0.25) is 0 Å². The van der Waals surface area contributed by atoms with Gasteiger partial charge in [0.25, 0.3) is 5.56 Å². The van der Waals surface area contributed by atoms with Gasteiger partial charge in [-0.2, -0.15) is 0 Å². The summed E-state index contributed by atoms with van der Waals surface area (Å²) < 4.78 is 0. The van der Waals surface area contributed by atoms with Gasteiger partial charge in [0.15, 0.2) is 0 Å². The molecule has 21 heavy (non-hydrogen) atoms. The molecule has 0 aromatic carbocycles. The molecule has 0 radical (unpaired) electrons. The van der Waals surface area contributed by atoms with Crippen LogP contribution in [0.1, 0.15) is 44.1 Å². The third kappa shape index (κ3) is 2.90. The zero-order chi connectivity index (χ0) is 15.0. The average molecular weight is 291 g/mol. The third-order valence-electron chi connectivity index (χ3n) is 5.32. The summed E-state index contributed by atoms with van der Waals surface area (Å²) in [6.07, 6.45) is 4.45. The van der Waals surface area contributed by atoms with Crippen molar-refractivity contribution in [3.63, 3.8) is 0 Å². The molecule has 1 saturated carbocycles. The van der Waals surface area contributed by atoms with Gasteiger partial charge in [-0.3, -0.25) is 9.69 Å². The van der Waals surface area contributed by atoms with E-state index >= 15 is 0 Å². The zero-order valence-corrected chi connectivity index (χ0v) is 12.9. The van der Waals surface area contributed by atoms with Crippen LogP contribution in [-0.2, 0) is 6.54 Å². The van der Waals surface area contributed by atoms with Crippen LogP contribution in [0.25, 0.3) is 0 Å². The van der Waals surface area contributed by atoms with E-state index in [-0.39, 0.29) is 11.5 Å². The Bertz CT molecular complexity index is 567. The molecular weight excluding hydrogens is 266 g/mol. The second kappa shape index (κ2) is 5.54. The van der Waals surface area contributed by atoms with E-state index in [9.17, 15) is 9.90 Å². The second-order valence-electron chi connectivity index (χ2n) is 6.83. The van der Waals surface area contributed by atoms with Crippen LogP contribution < -0.4 is 5.56 Å². The van der Waals surface area contributed by atoms with Gasteiger partial charge in [-0.1, -0.05) is 13.3 Å². The maximum atomic E-state index is 11.5. The van der Waals surface area contributed by atoms with Crippen molar-refractivity contribution in [2.24, 2.45) is 11.8 Å². The number of likely N-dealkylation sites (tertiary alicyclic amines) is 1. The zero-order valence-electron chi connectivity index (χ0n) is 12.9. The summed E-state index contributed by atoms with van der Waals surface area (Å²) in [5.41, 5.74) is 0.248. The summed E-state index contributed by atoms with van der Waals surface area (Å²) in [6, 6.07) is 1.57. The smallest absolute Gasteiger partial charge is 0.251 e. The topological polar surface area (TPSA) is 69.2 Å². The Balaban J connectivity index is 1.65. The van der Waals surface area contributed by atoms with Crippen LogP contribution in [0.3, 0.4) is 0 Å². The summed E-state index contributed by atoms with van der Waals surface area (Å²) in [7, 11) is 0. The first-order valence-corrected chi connectivity index (χ1v) is 7.99. The molecular formula is C16H25N3O2. The molecule has 0 spiro atoms. The highest BCUT2D eigenvalue weighted by atomic mass is 16.3. The molecule has 1 aliphatic carbocycles. The van der Waals surface area contributed by atoms with Crippen LogP contribution >= 0.6 is 0 Å². The first-order valence-electron chi connectivity index (χ1n) is 7.99. The molecule has 3 rings (SSSR count). The Labute approximate surface area is 125 Å². The highest BCUT2D eigenvalue weighted by Crippen LogP contribution is 2.44. The van der Waals surface area contributed by atoms with Gasteiger partial charge in [0, 0.05) is 25.7 Å². The summed E-state index contributed by atoms with van der Waals surface area (Å²) in [4.78, 5) is 20.9. The van der Waals surface area contributed by atoms with E-state index in [1.807, 2.05) is 0 Å². The van der Waals surface area contributed by atoms with Gasteiger partial charge in [0.1, 0.15) is 5.82 Å². The molecule has 1 aliphatic heterocycles. The van der Waals surface area contributed by atoms with E-state index in [0.717, 1.165) is 25.2 Å². The lowest BCUT2D eigenvalue weighted by Gasteiger charge is -2.50. The predicted molar refractivity (Wildman–Crippen MR) is 80.9 cm³/mol. The molecule has 1 aromatic heterocycles. The van der Waals surface area contributed by atoms with Gasteiger partial charge in [-0.25, -0.2) is 4.98 Å². The Hall–Kier alpha value is -1.20. The monoisotopic (exact) mass is 291 g/mol. The predicted octanol–water partition coefficient (Wildman–Crippen LogP) is 1.45. The molecule has 2 fully saturated rings. The normalized spacial score (nSPS) is 31.1. The Morgan fingerprint density at radius 3 is 2.86 bits per heavy atom. The number of piperidine rings is 1. The lowest BCUT2D eigenvalue weighted by Crippen LogP contribution is -2.56. The van der Waals surface area contributed by atoms with E-state index < -0.39 is 5.60 Å². The number of aromatic amines is 1. The first-order chi connectivity index (χ1) is 9.97. The second-order valence-corrected chi connectivity index (χ2v) is 6.83. The molecule has 2 atom stereocenters.